The van der Waals surface area contributed by atoms with E-state index in [0.717, 1.165) is 17.9 Å². The summed E-state index contributed by atoms with van der Waals surface area (Å²) in [5, 5.41) is 0. The first kappa shape index (κ1) is 9.77. The molecule has 3 heteroatoms. The van der Waals surface area contributed by atoms with Gasteiger partial charge in [0, 0.05) is 18.3 Å². The van der Waals surface area contributed by atoms with Crippen molar-refractivity contribution < 1.29 is 9.53 Å². The lowest BCUT2D eigenvalue weighted by Gasteiger charge is -2.21. The fourth-order valence-electron chi connectivity index (χ4n) is 1.56. The van der Waals surface area contributed by atoms with Crippen molar-refractivity contribution >= 4 is 11.6 Å². The molecule has 2 rings (SSSR count). The molecule has 0 saturated carbocycles. The van der Waals surface area contributed by atoms with Crippen molar-refractivity contribution in [1.29, 1.82) is 0 Å². The standard InChI is InChI=1S/C12H13NO2/c1-15-11-7-5-10(6-8-11)13-9-3-2-4-12(13)14/h3,5-9H,2,4H2,1H3. The second kappa shape index (κ2) is 4.17. The van der Waals surface area contributed by atoms with E-state index in [2.05, 4.69) is 0 Å². The number of anilines is 1. The highest BCUT2D eigenvalue weighted by Gasteiger charge is 2.15. The second-order valence-electron chi connectivity index (χ2n) is 3.39. The van der Waals surface area contributed by atoms with Crippen LogP contribution in [0.5, 0.6) is 5.75 Å². The smallest absolute Gasteiger partial charge is 0.231 e. The van der Waals surface area contributed by atoms with Crippen molar-refractivity contribution in [2.24, 2.45) is 0 Å². The van der Waals surface area contributed by atoms with Crippen LogP contribution in [0.3, 0.4) is 0 Å². The van der Waals surface area contributed by atoms with Crippen molar-refractivity contribution in [3.8, 4) is 5.75 Å². The normalized spacial score (nSPS) is 15.5. The molecule has 1 amide bonds. The van der Waals surface area contributed by atoms with Gasteiger partial charge in [-0.05, 0) is 30.7 Å². The lowest BCUT2D eigenvalue weighted by atomic mass is 10.2. The molecule has 0 radical (unpaired) electrons. The van der Waals surface area contributed by atoms with Crippen molar-refractivity contribution in [3.05, 3.63) is 36.5 Å². The third kappa shape index (κ3) is 2.01. The molecular formula is C12H13NO2. The lowest BCUT2D eigenvalue weighted by molar-refractivity contribution is -0.118. The summed E-state index contributed by atoms with van der Waals surface area (Å²) >= 11 is 0. The maximum Gasteiger partial charge on any atom is 0.231 e. The Hall–Kier alpha value is -1.77. The summed E-state index contributed by atoms with van der Waals surface area (Å²) in [6.45, 7) is 0. The molecule has 0 bridgehead atoms. The van der Waals surface area contributed by atoms with E-state index < -0.39 is 0 Å². The van der Waals surface area contributed by atoms with Crippen LogP contribution in [-0.2, 0) is 4.79 Å². The summed E-state index contributed by atoms with van der Waals surface area (Å²) in [7, 11) is 1.63. The molecule has 1 aliphatic rings. The van der Waals surface area contributed by atoms with Crippen LogP contribution < -0.4 is 9.64 Å². The Morgan fingerprint density at radius 1 is 1.27 bits per heavy atom. The number of allylic oxidation sites excluding steroid dienone is 1. The van der Waals surface area contributed by atoms with Gasteiger partial charge >= 0.3 is 0 Å². The number of methoxy groups -OCH3 is 1. The van der Waals surface area contributed by atoms with Crippen molar-refractivity contribution in [1.82, 2.24) is 0 Å². The van der Waals surface area contributed by atoms with Crippen LogP contribution in [0.1, 0.15) is 12.8 Å². The van der Waals surface area contributed by atoms with E-state index in [1.54, 1.807) is 12.0 Å². The summed E-state index contributed by atoms with van der Waals surface area (Å²) in [4.78, 5) is 13.3. The number of hydrogen-bond acceptors (Lipinski definition) is 2. The van der Waals surface area contributed by atoms with Crippen LogP contribution in [-0.4, -0.2) is 13.0 Å². The first-order chi connectivity index (χ1) is 7.31. The molecule has 0 atom stereocenters. The third-order valence-electron chi connectivity index (χ3n) is 2.40. The largest absolute Gasteiger partial charge is 0.497 e. The highest BCUT2D eigenvalue weighted by atomic mass is 16.5. The van der Waals surface area contributed by atoms with Gasteiger partial charge in [0.1, 0.15) is 5.75 Å². The fourth-order valence-corrected chi connectivity index (χ4v) is 1.56. The minimum atomic E-state index is 0.141. The van der Waals surface area contributed by atoms with Gasteiger partial charge in [-0.25, -0.2) is 0 Å². The molecule has 3 nitrogen and oxygen atoms in total. The van der Waals surface area contributed by atoms with Gasteiger partial charge in [0.05, 0.1) is 7.11 Å². The molecule has 0 unspecified atom stereocenters. The number of nitrogens with zero attached hydrogens (tertiary/aromatic N) is 1. The summed E-state index contributed by atoms with van der Waals surface area (Å²) < 4.78 is 5.06. The number of ether oxygens (including phenoxy) is 1. The average molecular weight is 203 g/mol. The number of rotatable bonds is 2. The Bertz CT molecular complexity index is 381. The van der Waals surface area contributed by atoms with Gasteiger partial charge < -0.3 is 4.74 Å². The molecule has 15 heavy (non-hydrogen) atoms. The van der Waals surface area contributed by atoms with Crippen LogP contribution in [0.25, 0.3) is 0 Å². The Kier molecular flexibility index (Phi) is 2.72. The number of carbonyl (C=O) groups excluding carboxylic acids is 1. The molecule has 1 aliphatic heterocycles. The first-order valence-electron chi connectivity index (χ1n) is 4.94. The Labute approximate surface area is 89.0 Å². The molecule has 0 aromatic heterocycles. The van der Waals surface area contributed by atoms with Crippen LogP contribution >= 0.6 is 0 Å². The molecule has 1 aromatic rings. The quantitative estimate of drug-likeness (QED) is 0.738. The summed E-state index contributed by atoms with van der Waals surface area (Å²) in [6.07, 6.45) is 5.26. The predicted molar refractivity (Wildman–Crippen MR) is 58.9 cm³/mol. The van der Waals surface area contributed by atoms with Gasteiger partial charge in [0.2, 0.25) is 5.91 Å². The summed E-state index contributed by atoms with van der Waals surface area (Å²) in [6, 6.07) is 7.47. The fraction of sp³-hybridized carbons (Fsp3) is 0.250. The molecule has 0 aliphatic carbocycles. The van der Waals surface area contributed by atoms with E-state index in [-0.39, 0.29) is 5.91 Å². The van der Waals surface area contributed by atoms with Gasteiger partial charge in [0.15, 0.2) is 0 Å². The van der Waals surface area contributed by atoms with E-state index in [0.29, 0.717) is 6.42 Å². The highest BCUT2D eigenvalue weighted by Crippen LogP contribution is 2.22. The van der Waals surface area contributed by atoms with Gasteiger partial charge in [-0.2, -0.15) is 0 Å². The van der Waals surface area contributed by atoms with Crippen molar-refractivity contribution in [3.63, 3.8) is 0 Å². The van der Waals surface area contributed by atoms with Crippen molar-refractivity contribution in [2.45, 2.75) is 12.8 Å². The van der Waals surface area contributed by atoms with Crippen LogP contribution in [0.4, 0.5) is 5.69 Å². The highest BCUT2D eigenvalue weighted by molar-refractivity contribution is 5.96. The maximum atomic E-state index is 11.6. The van der Waals surface area contributed by atoms with Gasteiger partial charge in [0.25, 0.3) is 0 Å². The van der Waals surface area contributed by atoms with Crippen LogP contribution in [0, 0.1) is 0 Å². The van der Waals surface area contributed by atoms with E-state index in [9.17, 15) is 4.79 Å². The van der Waals surface area contributed by atoms with Gasteiger partial charge in [-0.15, -0.1) is 0 Å². The zero-order valence-electron chi connectivity index (χ0n) is 8.64. The number of benzene rings is 1. The van der Waals surface area contributed by atoms with Crippen molar-refractivity contribution in [2.75, 3.05) is 12.0 Å². The SMILES string of the molecule is COc1ccc(N2C=CCCC2=O)cc1. The number of amides is 1. The van der Waals surface area contributed by atoms with E-state index >= 15 is 0 Å². The minimum Gasteiger partial charge on any atom is -0.497 e. The summed E-state index contributed by atoms with van der Waals surface area (Å²) in [5.41, 5.74) is 0.886. The van der Waals surface area contributed by atoms with Crippen LogP contribution in [0.15, 0.2) is 36.5 Å². The molecule has 1 heterocycles. The van der Waals surface area contributed by atoms with E-state index in [1.807, 2.05) is 36.5 Å². The zero-order chi connectivity index (χ0) is 10.7. The maximum absolute atomic E-state index is 11.6. The van der Waals surface area contributed by atoms with Gasteiger partial charge in [-0.3, -0.25) is 9.69 Å². The predicted octanol–water partition coefficient (Wildman–Crippen LogP) is 2.34. The number of carbonyl (C=O) groups is 1. The molecule has 0 saturated heterocycles. The summed E-state index contributed by atoms with van der Waals surface area (Å²) in [5.74, 6) is 0.940. The molecule has 78 valence electrons. The first-order valence-corrected chi connectivity index (χ1v) is 4.94. The van der Waals surface area contributed by atoms with E-state index in [1.165, 1.54) is 0 Å². The molecule has 0 spiro atoms. The van der Waals surface area contributed by atoms with Crippen LogP contribution in [0.2, 0.25) is 0 Å². The Morgan fingerprint density at radius 3 is 2.60 bits per heavy atom. The Balaban J connectivity index is 2.24. The topological polar surface area (TPSA) is 29.5 Å². The third-order valence-corrected chi connectivity index (χ3v) is 2.40. The zero-order valence-corrected chi connectivity index (χ0v) is 8.64. The Morgan fingerprint density at radius 2 is 2.00 bits per heavy atom. The number of hydrogen-bond donors (Lipinski definition) is 0. The molecule has 0 fully saturated rings. The van der Waals surface area contributed by atoms with Gasteiger partial charge in [-0.1, -0.05) is 6.08 Å². The minimum absolute atomic E-state index is 0.141. The lowest BCUT2D eigenvalue weighted by Crippen LogP contribution is -2.26. The second-order valence-corrected chi connectivity index (χ2v) is 3.39. The molecular weight excluding hydrogens is 190 g/mol. The van der Waals surface area contributed by atoms with E-state index in [4.69, 9.17) is 4.74 Å². The molecule has 0 N–H and O–H groups in total. The molecule has 1 aromatic carbocycles. The average Bonchev–Trinajstić information content (AvgIpc) is 2.30. The monoisotopic (exact) mass is 203 g/mol.